The molecular weight excluding hydrogens is 441 g/mol. The summed E-state index contributed by atoms with van der Waals surface area (Å²) in [6.45, 7) is 26.8. The third-order valence-corrected chi connectivity index (χ3v) is 9.60. The Balaban J connectivity index is 3.50. The molecule has 1 saturated heterocycles. The summed E-state index contributed by atoms with van der Waals surface area (Å²) >= 11 is 3.71. The molecule has 168 valence electrons. The first-order chi connectivity index (χ1) is 12.5. The van der Waals surface area contributed by atoms with Crippen molar-refractivity contribution < 1.29 is 18.0 Å². The maximum Gasteiger partial charge on any atom is 0.188 e. The van der Waals surface area contributed by atoms with Crippen molar-refractivity contribution in [2.45, 2.75) is 108 Å². The second kappa shape index (κ2) is 10.2. The first kappa shape index (κ1) is 27.2. The van der Waals surface area contributed by atoms with Crippen LogP contribution in [0.1, 0.15) is 20.8 Å². The highest BCUT2D eigenvalue weighted by atomic mass is 32.2. The fourth-order valence-corrected chi connectivity index (χ4v) is 9.77. The molecule has 0 amide bonds. The molecule has 0 aromatic carbocycles. The van der Waals surface area contributed by atoms with Gasteiger partial charge in [-0.2, -0.15) is 0 Å². The molecule has 0 aliphatic carbocycles. The maximum absolute atomic E-state index is 6.86. The SMILES string of the molecule is CCSC1(SCC)OC(C)[C@@H](O[Si](C)(C)C)[C@H](O[Si](C)(C)C)C1O[Si](C)(C)C. The van der Waals surface area contributed by atoms with Gasteiger partial charge < -0.3 is 18.0 Å². The number of hydrogen-bond acceptors (Lipinski definition) is 6. The van der Waals surface area contributed by atoms with E-state index in [1.807, 2.05) is 23.5 Å². The molecule has 1 heterocycles. The Morgan fingerprint density at radius 3 is 1.46 bits per heavy atom. The molecular formula is C19H44O4S2Si3. The number of rotatable bonds is 10. The van der Waals surface area contributed by atoms with Crippen LogP contribution in [0.15, 0.2) is 0 Å². The molecule has 28 heavy (non-hydrogen) atoms. The van der Waals surface area contributed by atoms with E-state index < -0.39 is 29.2 Å². The maximum atomic E-state index is 6.86. The molecule has 1 aliphatic heterocycles. The van der Waals surface area contributed by atoms with Crippen molar-refractivity contribution >= 4 is 48.5 Å². The van der Waals surface area contributed by atoms with Crippen molar-refractivity contribution in [2.24, 2.45) is 0 Å². The summed E-state index contributed by atoms with van der Waals surface area (Å²) in [4.78, 5) is 0. The van der Waals surface area contributed by atoms with E-state index in [2.05, 4.69) is 79.7 Å². The molecule has 0 aromatic rings. The van der Waals surface area contributed by atoms with Crippen LogP contribution in [-0.2, 0) is 18.0 Å². The lowest BCUT2D eigenvalue weighted by atomic mass is 10.0. The van der Waals surface area contributed by atoms with Gasteiger partial charge in [0.15, 0.2) is 29.2 Å². The largest absolute Gasteiger partial charge is 0.409 e. The minimum absolute atomic E-state index is 0.0346. The predicted molar refractivity (Wildman–Crippen MR) is 134 cm³/mol. The molecule has 1 rings (SSSR count). The molecule has 4 atom stereocenters. The van der Waals surface area contributed by atoms with E-state index in [-0.39, 0.29) is 24.4 Å². The van der Waals surface area contributed by atoms with Crippen LogP contribution in [0, 0.1) is 0 Å². The van der Waals surface area contributed by atoms with Crippen molar-refractivity contribution in [3.63, 3.8) is 0 Å². The third-order valence-electron chi connectivity index (χ3n) is 3.93. The zero-order valence-electron chi connectivity index (χ0n) is 20.2. The Labute approximate surface area is 186 Å². The van der Waals surface area contributed by atoms with Crippen molar-refractivity contribution in [2.75, 3.05) is 11.5 Å². The number of thioether (sulfide) groups is 2. The van der Waals surface area contributed by atoms with Crippen LogP contribution in [0.4, 0.5) is 0 Å². The van der Waals surface area contributed by atoms with E-state index in [9.17, 15) is 0 Å². The van der Waals surface area contributed by atoms with Gasteiger partial charge in [-0.15, -0.1) is 23.5 Å². The van der Waals surface area contributed by atoms with E-state index >= 15 is 0 Å². The predicted octanol–water partition coefficient (Wildman–Crippen LogP) is 6.23. The van der Waals surface area contributed by atoms with Crippen LogP contribution in [0.3, 0.4) is 0 Å². The van der Waals surface area contributed by atoms with Crippen LogP contribution < -0.4 is 0 Å². The Morgan fingerprint density at radius 1 is 0.714 bits per heavy atom. The average Bonchev–Trinajstić information content (AvgIpc) is 2.44. The summed E-state index contributed by atoms with van der Waals surface area (Å²) in [6, 6.07) is 0. The summed E-state index contributed by atoms with van der Waals surface area (Å²) in [5.74, 6) is 1.95. The Morgan fingerprint density at radius 2 is 1.11 bits per heavy atom. The van der Waals surface area contributed by atoms with Gasteiger partial charge in [-0.3, -0.25) is 0 Å². The fourth-order valence-electron chi connectivity index (χ4n) is 3.34. The van der Waals surface area contributed by atoms with Gasteiger partial charge in [0.25, 0.3) is 0 Å². The highest BCUT2D eigenvalue weighted by Gasteiger charge is 2.58. The molecule has 9 heteroatoms. The van der Waals surface area contributed by atoms with E-state index in [4.69, 9.17) is 18.0 Å². The minimum atomic E-state index is -1.83. The lowest BCUT2D eigenvalue weighted by molar-refractivity contribution is -0.187. The molecule has 1 fully saturated rings. The van der Waals surface area contributed by atoms with Gasteiger partial charge in [0.05, 0.1) is 12.2 Å². The van der Waals surface area contributed by atoms with Crippen molar-refractivity contribution in [3.05, 3.63) is 0 Å². The van der Waals surface area contributed by atoms with Crippen LogP contribution in [0.5, 0.6) is 0 Å². The second-order valence-electron chi connectivity index (χ2n) is 10.3. The normalized spacial score (nSPS) is 29.1. The lowest BCUT2D eigenvalue weighted by Gasteiger charge is -2.55. The summed E-state index contributed by atoms with van der Waals surface area (Å²) in [6.07, 6.45) is -0.374. The molecule has 0 saturated carbocycles. The van der Waals surface area contributed by atoms with Gasteiger partial charge in [0.2, 0.25) is 0 Å². The molecule has 0 bridgehead atoms. The van der Waals surface area contributed by atoms with Crippen molar-refractivity contribution in [1.29, 1.82) is 0 Å². The number of ether oxygens (including phenoxy) is 1. The van der Waals surface area contributed by atoms with Gasteiger partial charge in [-0.1, -0.05) is 13.8 Å². The molecule has 0 radical (unpaired) electrons. The Hall–Kier alpha value is 1.19. The van der Waals surface area contributed by atoms with Gasteiger partial charge in [0.1, 0.15) is 12.2 Å². The second-order valence-corrected chi connectivity index (χ2v) is 26.9. The van der Waals surface area contributed by atoms with E-state index in [0.717, 1.165) is 11.5 Å². The fraction of sp³-hybridized carbons (Fsp3) is 1.00. The first-order valence-corrected chi connectivity index (χ1v) is 22.7. The molecule has 2 unspecified atom stereocenters. The summed E-state index contributed by atoms with van der Waals surface area (Å²) in [5.41, 5.74) is 0. The van der Waals surface area contributed by atoms with Gasteiger partial charge >= 0.3 is 0 Å². The van der Waals surface area contributed by atoms with E-state index in [0.29, 0.717) is 0 Å². The molecule has 0 spiro atoms. The van der Waals surface area contributed by atoms with E-state index in [1.54, 1.807) is 0 Å². The van der Waals surface area contributed by atoms with Crippen LogP contribution in [0.25, 0.3) is 0 Å². The van der Waals surface area contributed by atoms with Crippen molar-refractivity contribution in [1.82, 2.24) is 0 Å². The van der Waals surface area contributed by atoms with E-state index in [1.165, 1.54) is 0 Å². The van der Waals surface area contributed by atoms with Gasteiger partial charge in [-0.25, -0.2) is 0 Å². The highest BCUT2D eigenvalue weighted by molar-refractivity contribution is 8.18. The van der Waals surface area contributed by atoms with Gasteiger partial charge in [-0.05, 0) is 77.4 Å². The third kappa shape index (κ3) is 8.38. The zero-order chi connectivity index (χ0) is 22.0. The molecule has 0 aromatic heterocycles. The molecule has 0 N–H and O–H groups in total. The van der Waals surface area contributed by atoms with Gasteiger partial charge in [0, 0.05) is 0 Å². The zero-order valence-corrected chi connectivity index (χ0v) is 24.8. The Bertz CT molecular complexity index is 483. The standard InChI is InChI=1S/C19H44O4S2Si3/c1-13-24-19(25-14-2)18(23-28(10,11)12)17(22-27(7,8)9)16(15(3)20-19)21-26(4,5)6/h15-18H,13-14H2,1-12H3/t15?,16-,17+,18?/m1/s1. The first-order valence-electron chi connectivity index (χ1n) is 10.5. The summed E-state index contributed by atoms with van der Waals surface area (Å²) in [7, 11) is -5.43. The van der Waals surface area contributed by atoms with Crippen LogP contribution in [0.2, 0.25) is 58.9 Å². The monoisotopic (exact) mass is 484 g/mol. The quantitative estimate of drug-likeness (QED) is 0.270. The minimum Gasteiger partial charge on any atom is -0.409 e. The van der Waals surface area contributed by atoms with Crippen LogP contribution in [-0.4, -0.2) is 65.1 Å². The molecule has 1 aliphatic rings. The lowest BCUT2D eigenvalue weighted by Crippen LogP contribution is -2.67. The smallest absolute Gasteiger partial charge is 0.188 e. The Kier molecular flexibility index (Phi) is 9.92. The molecule has 4 nitrogen and oxygen atoms in total. The highest BCUT2D eigenvalue weighted by Crippen LogP contribution is 2.50. The topological polar surface area (TPSA) is 36.9 Å². The van der Waals surface area contributed by atoms with Crippen molar-refractivity contribution in [3.8, 4) is 0 Å². The summed E-state index contributed by atoms with van der Waals surface area (Å²) < 4.78 is 26.7. The summed E-state index contributed by atoms with van der Waals surface area (Å²) in [5, 5.41) is 0. The number of hydrogen-bond donors (Lipinski definition) is 0. The average molecular weight is 485 g/mol. The van der Waals surface area contributed by atoms with Crippen LogP contribution >= 0.6 is 23.5 Å².